The Morgan fingerprint density at radius 2 is 1.83 bits per heavy atom. The molecule has 8 nitrogen and oxygen atoms in total. The third-order valence-corrected chi connectivity index (χ3v) is 3.84. The van der Waals surface area contributed by atoms with E-state index in [0.717, 1.165) is 22.3 Å². The maximum atomic E-state index is 11.6. The van der Waals surface area contributed by atoms with Crippen LogP contribution >= 0.6 is 0 Å². The van der Waals surface area contributed by atoms with E-state index in [0.29, 0.717) is 0 Å². The van der Waals surface area contributed by atoms with Crippen molar-refractivity contribution in [2.24, 2.45) is 16.1 Å². The number of hydrogen-bond acceptors (Lipinski definition) is 7. The van der Waals surface area contributed by atoms with Gasteiger partial charge in [-0.2, -0.15) is 9.88 Å². The predicted octanol–water partition coefficient (Wildman–Crippen LogP) is 4.02. The summed E-state index contributed by atoms with van der Waals surface area (Å²) in [5, 5.41) is 6.99. The molecule has 2 aromatic heterocycles. The fourth-order valence-corrected chi connectivity index (χ4v) is 2.45. The van der Waals surface area contributed by atoms with Crippen molar-refractivity contribution in [2.75, 3.05) is 6.61 Å². The van der Waals surface area contributed by atoms with Gasteiger partial charge in [0, 0.05) is 17.3 Å². The molecular weight excluding hydrogens is 382 g/mol. The Bertz CT molecular complexity index is 1110. The van der Waals surface area contributed by atoms with Gasteiger partial charge < -0.3 is 5.73 Å². The molecule has 3 rings (SSSR count). The van der Waals surface area contributed by atoms with Gasteiger partial charge in [0.1, 0.15) is 6.61 Å². The quantitative estimate of drug-likeness (QED) is 0.725. The van der Waals surface area contributed by atoms with Gasteiger partial charge in [-0.05, 0) is 42.5 Å². The van der Waals surface area contributed by atoms with Gasteiger partial charge in [0.25, 0.3) is 0 Å². The highest BCUT2D eigenvalue weighted by Gasteiger charge is 2.03. The van der Waals surface area contributed by atoms with Crippen molar-refractivity contribution in [3.8, 4) is 0 Å². The number of nitrogens with two attached hydrogens (primary N) is 1. The number of primary amides is 1. The molecule has 0 aromatic carbocycles. The molecule has 2 aromatic rings. The number of fused-ring (bicyclic) bond motifs is 2. The Morgan fingerprint density at radius 1 is 1.00 bits per heavy atom. The van der Waals surface area contributed by atoms with Gasteiger partial charge >= 0.3 is 0 Å². The first-order valence-electron chi connectivity index (χ1n) is 9.03. The number of nitrogens with zero attached hydrogens (tertiary/aromatic N) is 4. The van der Waals surface area contributed by atoms with Crippen LogP contribution in [0, 0.1) is 0 Å². The topological polar surface area (TPSA) is 112 Å². The molecule has 30 heavy (non-hydrogen) atoms. The van der Waals surface area contributed by atoms with Gasteiger partial charge in [-0.3, -0.25) is 9.78 Å². The fourth-order valence-electron chi connectivity index (χ4n) is 2.45. The molecule has 150 valence electrons. The number of aromatic nitrogens is 2. The second-order valence-corrected chi connectivity index (χ2v) is 5.89. The summed E-state index contributed by atoms with van der Waals surface area (Å²) in [6.45, 7) is -0.0255. The van der Waals surface area contributed by atoms with Crippen LogP contribution in [0.1, 0.15) is 11.3 Å². The third kappa shape index (κ3) is 6.18. The summed E-state index contributed by atoms with van der Waals surface area (Å²) in [7, 11) is 0. The van der Waals surface area contributed by atoms with Crippen LogP contribution in [-0.2, 0) is 14.7 Å². The number of allylic oxidation sites excluding steroid dienone is 6. The summed E-state index contributed by atoms with van der Waals surface area (Å²) >= 11 is 0. The molecule has 3 heterocycles. The van der Waals surface area contributed by atoms with E-state index in [1.807, 2.05) is 42.5 Å². The van der Waals surface area contributed by atoms with E-state index in [-0.39, 0.29) is 12.2 Å². The van der Waals surface area contributed by atoms with E-state index >= 15 is 0 Å². The molecule has 0 saturated heterocycles. The second kappa shape index (κ2) is 11.0. The minimum atomic E-state index is -0.594. The maximum absolute atomic E-state index is 11.6. The van der Waals surface area contributed by atoms with E-state index in [4.69, 9.17) is 10.6 Å². The molecule has 0 aliphatic carbocycles. The van der Waals surface area contributed by atoms with Gasteiger partial charge in [0.2, 0.25) is 5.91 Å². The van der Waals surface area contributed by atoms with E-state index < -0.39 is 5.91 Å². The van der Waals surface area contributed by atoms with Crippen LogP contribution in [0.15, 0.2) is 95.2 Å². The molecule has 1 aliphatic rings. The van der Waals surface area contributed by atoms with Crippen molar-refractivity contribution in [3.63, 3.8) is 0 Å². The van der Waals surface area contributed by atoms with Crippen LogP contribution in [0.25, 0.3) is 23.2 Å². The highest BCUT2D eigenvalue weighted by molar-refractivity contribution is 5.94. The van der Waals surface area contributed by atoms with Crippen LogP contribution < -0.4 is 5.73 Å². The lowest BCUT2D eigenvalue weighted by Gasteiger charge is -2.03. The Hall–Kier alpha value is -4.17. The van der Waals surface area contributed by atoms with Crippen molar-refractivity contribution in [3.05, 3.63) is 96.0 Å². The standard InChI is InChI=1S/C22H19N5O3/c23-22(28)17-8-4-5-10-19-18(16-21-20(26-19)11-7-13-24-21)9-3-1-2-6-14-25-27-30-29-15-12-17/h1-14,16H,15H2,(H2,23,28)/b2-1-,8-4-,9-3-,10-5-,14-6-,17-12+,27-25?. The lowest BCUT2D eigenvalue weighted by Crippen LogP contribution is -2.13. The lowest BCUT2D eigenvalue weighted by molar-refractivity contribution is -0.293. The van der Waals surface area contributed by atoms with Gasteiger partial charge in [-0.15, -0.1) is 5.11 Å². The summed E-state index contributed by atoms with van der Waals surface area (Å²) in [6.07, 6.45) is 20.6. The highest BCUT2D eigenvalue weighted by atomic mass is 17.3. The first-order valence-corrected chi connectivity index (χ1v) is 9.03. The third-order valence-electron chi connectivity index (χ3n) is 3.84. The Labute approximate surface area is 173 Å². The highest BCUT2D eigenvalue weighted by Crippen LogP contribution is 2.18. The van der Waals surface area contributed by atoms with Crippen molar-refractivity contribution in [2.45, 2.75) is 0 Å². The molecule has 8 heteroatoms. The van der Waals surface area contributed by atoms with Crippen LogP contribution in [-0.4, -0.2) is 22.5 Å². The molecule has 0 atom stereocenters. The van der Waals surface area contributed by atoms with Crippen LogP contribution in [0.5, 0.6) is 0 Å². The van der Waals surface area contributed by atoms with Gasteiger partial charge in [0.15, 0.2) is 0 Å². The molecule has 0 saturated carbocycles. The number of rotatable bonds is 1. The van der Waals surface area contributed by atoms with Gasteiger partial charge in [-0.1, -0.05) is 36.5 Å². The molecule has 0 spiro atoms. The summed E-state index contributed by atoms with van der Waals surface area (Å²) in [6, 6.07) is 5.71. The Kier molecular flexibility index (Phi) is 7.53. The minimum Gasteiger partial charge on any atom is -0.366 e. The zero-order valence-electron chi connectivity index (χ0n) is 16.0. The van der Waals surface area contributed by atoms with E-state index in [1.165, 1.54) is 12.3 Å². The van der Waals surface area contributed by atoms with Crippen molar-refractivity contribution >= 4 is 29.1 Å². The SMILES string of the molecule is NC(=O)C1=C/COON=N\C=C/C=C\C=C/c2cc3ncccc3nc2\C=C/C=C\1. The van der Waals surface area contributed by atoms with E-state index in [2.05, 4.69) is 25.3 Å². The number of pyridine rings is 2. The molecule has 0 fully saturated rings. The van der Waals surface area contributed by atoms with E-state index in [9.17, 15) is 4.79 Å². The van der Waals surface area contributed by atoms with Crippen molar-refractivity contribution in [1.82, 2.24) is 9.97 Å². The number of carbonyl (C=O) groups is 1. The summed E-state index contributed by atoms with van der Waals surface area (Å²) in [5.74, 6) is -0.594. The van der Waals surface area contributed by atoms with Gasteiger partial charge in [0.05, 0.1) is 28.2 Å². The van der Waals surface area contributed by atoms with E-state index in [1.54, 1.807) is 36.6 Å². The maximum Gasteiger partial charge on any atom is 0.248 e. The van der Waals surface area contributed by atoms with Gasteiger partial charge in [-0.25, -0.2) is 4.98 Å². The number of carbonyl (C=O) groups excluding carboxylic acids is 1. The molecule has 1 aliphatic heterocycles. The number of hydrogen-bond donors (Lipinski definition) is 1. The van der Waals surface area contributed by atoms with Crippen LogP contribution in [0.3, 0.4) is 0 Å². The predicted molar refractivity (Wildman–Crippen MR) is 114 cm³/mol. The molecular formula is C22H19N5O3. The fraction of sp³-hybridized carbons (Fsp3) is 0.0455. The first-order chi connectivity index (χ1) is 14.7. The minimum absolute atomic E-state index is 0.0255. The molecule has 2 N–H and O–H groups in total. The normalized spacial score (nSPS) is 22.1. The number of amides is 1. The first kappa shape index (κ1) is 20.6. The monoisotopic (exact) mass is 401 g/mol. The summed E-state index contributed by atoms with van der Waals surface area (Å²) < 4.78 is 0. The van der Waals surface area contributed by atoms with Crippen LogP contribution in [0.2, 0.25) is 0 Å². The largest absolute Gasteiger partial charge is 0.366 e. The molecule has 0 bridgehead atoms. The average molecular weight is 401 g/mol. The Balaban J connectivity index is 1.97. The van der Waals surface area contributed by atoms with Crippen LogP contribution in [0.4, 0.5) is 0 Å². The molecule has 0 radical (unpaired) electrons. The summed E-state index contributed by atoms with van der Waals surface area (Å²) in [5.41, 5.74) is 8.88. The zero-order chi connectivity index (χ0) is 21.0. The average Bonchev–Trinajstić information content (AvgIpc) is 2.75. The summed E-state index contributed by atoms with van der Waals surface area (Å²) in [4.78, 5) is 29.9. The Morgan fingerprint density at radius 3 is 2.73 bits per heavy atom. The van der Waals surface area contributed by atoms with Crippen molar-refractivity contribution in [1.29, 1.82) is 0 Å². The molecule has 1 amide bonds. The van der Waals surface area contributed by atoms with Crippen molar-refractivity contribution < 1.29 is 14.7 Å². The smallest absolute Gasteiger partial charge is 0.248 e. The second-order valence-electron chi connectivity index (χ2n) is 5.89. The molecule has 0 unspecified atom stereocenters. The lowest BCUT2D eigenvalue weighted by atomic mass is 10.1. The zero-order valence-corrected chi connectivity index (χ0v) is 16.0.